The highest BCUT2D eigenvalue weighted by molar-refractivity contribution is 5.80. The van der Waals surface area contributed by atoms with Crippen LogP contribution in [0.3, 0.4) is 0 Å². The summed E-state index contributed by atoms with van der Waals surface area (Å²) in [6, 6.07) is 14.7. The predicted molar refractivity (Wildman–Crippen MR) is 97.6 cm³/mol. The molecule has 2 heteroatoms. The molecule has 0 heterocycles. The summed E-state index contributed by atoms with van der Waals surface area (Å²) in [6.07, 6.45) is 1.81. The number of hydrogen-bond donors (Lipinski definition) is 1. The van der Waals surface area contributed by atoms with Crippen LogP contribution in [0.5, 0.6) is 0 Å². The molecule has 116 valence electrons. The van der Waals surface area contributed by atoms with E-state index in [2.05, 4.69) is 70.3 Å². The van der Waals surface area contributed by atoms with Crippen molar-refractivity contribution >= 4 is 17.7 Å². The minimum Gasteiger partial charge on any atom is -0.346 e. The number of hydrogen-bond acceptors (Lipinski definition) is 1. The summed E-state index contributed by atoms with van der Waals surface area (Å²) < 4.78 is 0. The molecule has 22 heavy (non-hydrogen) atoms. The zero-order chi connectivity index (χ0) is 16.1. The van der Waals surface area contributed by atoms with Gasteiger partial charge in [-0.1, -0.05) is 64.1 Å². The minimum atomic E-state index is 0.462. The molecule has 0 bridgehead atoms. The standard InChI is InChI=1S/C20H26N2/c1-14(2)17-10-8-11-18(15(3)4)20(17)22-13-21-19-12-7-6-9-16(19)5/h6-15H,1-5H3,(H,21,22). The molecule has 0 aromatic heterocycles. The minimum absolute atomic E-state index is 0.462. The van der Waals surface area contributed by atoms with E-state index in [9.17, 15) is 0 Å². The fourth-order valence-electron chi connectivity index (χ4n) is 2.56. The van der Waals surface area contributed by atoms with Crippen molar-refractivity contribution in [2.75, 3.05) is 5.32 Å². The topological polar surface area (TPSA) is 24.4 Å². The zero-order valence-electron chi connectivity index (χ0n) is 14.2. The Kier molecular flexibility index (Phi) is 5.37. The number of nitrogens with zero attached hydrogens (tertiary/aromatic N) is 1. The van der Waals surface area contributed by atoms with Crippen LogP contribution in [-0.2, 0) is 0 Å². The Balaban J connectivity index is 2.31. The molecule has 0 fully saturated rings. The Morgan fingerprint density at radius 3 is 2.00 bits per heavy atom. The largest absolute Gasteiger partial charge is 0.346 e. The van der Waals surface area contributed by atoms with Gasteiger partial charge in [0, 0.05) is 5.69 Å². The fourth-order valence-corrected chi connectivity index (χ4v) is 2.56. The Hall–Kier alpha value is -2.09. The van der Waals surface area contributed by atoms with Gasteiger partial charge in [-0.2, -0.15) is 0 Å². The number of nitrogens with one attached hydrogen (secondary N) is 1. The van der Waals surface area contributed by atoms with E-state index in [0.717, 1.165) is 11.4 Å². The molecule has 0 saturated heterocycles. The van der Waals surface area contributed by atoms with E-state index in [1.165, 1.54) is 16.7 Å². The van der Waals surface area contributed by atoms with E-state index in [1.54, 1.807) is 0 Å². The normalized spacial score (nSPS) is 11.6. The summed E-state index contributed by atoms with van der Waals surface area (Å²) in [5.74, 6) is 0.925. The van der Waals surface area contributed by atoms with Crippen molar-refractivity contribution in [2.45, 2.75) is 46.5 Å². The number of anilines is 1. The zero-order valence-corrected chi connectivity index (χ0v) is 14.2. The van der Waals surface area contributed by atoms with Crippen molar-refractivity contribution < 1.29 is 0 Å². The Labute approximate surface area is 134 Å². The van der Waals surface area contributed by atoms with Gasteiger partial charge < -0.3 is 5.32 Å². The van der Waals surface area contributed by atoms with Gasteiger partial charge in [0.2, 0.25) is 0 Å². The summed E-state index contributed by atoms with van der Waals surface area (Å²) in [4.78, 5) is 4.75. The second-order valence-electron chi connectivity index (χ2n) is 6.31. The van der Waals surface area contributed by atoms with Crippen LogP contribution in [-0.4, -0.2) is 6.34 Å². The number of aliphatic imine (C=N–C) groups is 1. The van der Waals surface area contributed by atoms with E-state index >= 15 is 0 Å². The van der Waals surface area contributed by atoms with Crippen molar-refractivity contribution in [3.63, 3.8) is 0 Å². The lowest BCUT2D eigenvalue weighted by Gasteiger charge is -2.16. The van der Waals surface area contributed by atoms with Crippen molar-refractivity contribution in [2.24, 2.45) is 4.99 Å². The van der Waals surface area contributed by atoms with Crippen molar-refractivity contribution in [1.29, 1.82) is 0 Å². The third-order valence-corrected chi connectivity index (χ3v) is 3.90. The SMILES string of the molecule is Cc1ccccc1NC=Nc1c(C(C)C)cccc1C(C)C. The maximum atomic E-state index is 4.75. The Morgan fingerprint density at radius 1 is 0.864 bits per heavy atom. The maximum Gasteiger partial charge on any atom is 0.0930 e. The molecule has 2 aromatic carbocycles. The highest BCUT2D eigenvalue weighted by Crippen LogP contribution is 2.34. The predicted octanol–water partition coefficient (Wildman–Crippen LogP) is 6.01. The first kappa shape index (κ1) is 16.3. The van der Waals surface area contributed by atoms with E-state index in [-0.39, 0.29) is 0 Å². The van der Waals surface area contributed by atoms with Gasteiger partial charge in [-0.05, 0) is 41.5 Å². The molecule has 0 aliphatic heterocycles. The summed E-state index contributed by atoms with van der Waals surface area (Å²) in [5.41, 5.74) is 6.02. The molecule has 1 N–H and O–H groups in total. The lowest BCUT2D eigenvalue weighted by atomic mass is 9.93. The van der Waals surface area contributed by atoms with Gasteiger partial charge >= 0.3 is 0 Å². The first-order valence-electron chi connectivity index (χ1n) is 7.98. The van der Waals surface area contributed by atoms with Gasteiger partial charge in [-0.3, -0.25) is 0 Å². The Bertz CT molecular complexity index is 628. The average Bonchev–Trinajstić information content (AvgIpc) is 2.48. The molecule has 0 spiro atoms. The van der Waals surface area contributed by atoms with E-state index in [1.807, 2.05) is 18.5 Å². The van der Waals surface area contributed by atoms with Crippen LogP contribution in [0.1, 0.15) is 56.2 Å². The summed E-state index contributed by atoms with van der Waals surface area (Å²) in [7, 11) is 0. The van der Waals surface area contributed by atoms with Crippen molar-refractivity contribution in [1.82, 2.24) is 0 Å². The van der Waals surface area contributed by atoms with Gasteiger partial charge in [0.15, 0.2) is 0 Å². The van der Waals surface area contributed by atoms with Gasteiger partial charge in [0.1, 0.15) is 0 Å². The highest BCUT2D eigenvalue weighted by Gasteiger charge is 2.12. The summed E-state index contributed by atoms with van der Waals surface area (Å²) in [6.45, 7) is 11.0. The number of rotatable bonds is 5. The molecule has 0 saturated carbocycles. The molecular formula is C20H26N2. The Morgan fingerprint density at radius 2 is 1.45 bits per heavy atom. The van der Waals surface area contributed by atoms with Gasteiger partial charge in [-0.25, -0.2) is 4.99 Å². The molecular weight excluding hydrogens is 268 g/mol. The molecule has 0 aliphatic carbocycles. The van der Waals surface area contributed by atoms with Crippen LogP contribution in [0, 0.1) is 6.92 Å². The highest BCUT2D eigenvalue weighted by atomic mass is 14.9. The second-order valence-corrected chi connectivity index (χ2v) is 6.31. The van der Waals surface area contributed by atoms with Crippen LogP contribution >= 0.6 is 0 Å². The maximum absolute atomic E-state index is 4.75. The molecule has 0 aliphatic rings. The van der Waals surface area contributed by atoms with Crippen LogP contribution in [0.4, 0.5) is 11.4 Å². The van der Waals surface area contributed by atoms with Crippen molar-refractivity contribution in [3.05, 3.63) is 59.2 Å². The van der Waals surface area contributed by atoms with E-state index < -0.39 is 0 Å². The van der Waals surface area contributed by atoms with Gasteiger partial charge in [0.05, 0.1) is 12.0 Å². The number of para-hydroxylation sites is 2. The number of benzene rings is 2. The fraction of sp³-hybridized carbons (Fsp3) is 0.350. The molecule has 2 aromatic rings. The average molecular weight is 294 g/mol. The third kappa shape index (κ3) is 3.76. The van der Waals surface area contributed by atoms with Crippen molar-refractivity contribution in [3.8, 4) is 0 Å². The molecule has 0 radical (unpaired) electrons. The van der Waals surface area contributed by atoms with Crippen LogP contribution < -0.4 is 5.32 Å². The molecule has 2 nitrogen and oxygen atoms in total. The van der Waals surface area contributed by atoms with Gasteiger partial charge in [-0.15, -0.1) is 0 Å². The van der Waals surface area contributed by atoms with Crippen LogP contribution in [0.2, 0.25) is 0 Å². The summed E-state index contributed by atoms with van der Waals surface area (Å²) >= 11 is 0. The molecule has 0 atom stereocenters. The number of aryl methyl sites for hydroxylation is 1. The lowest BCUT2D eigenvalue weighted by molar-refractivity contribution is 0.835. The lowest BCUT2D eigenvalue weighted by Crippen LogP contribution is -1.99. The monoisotopic (exact) mass is 294 g/mol. The second kappa shape index (κ2) is 7.26. The smallest absolute Gasteiger partial charge is 0.0930 e. The van der Waals surface area contributed by atoms with Gasteiger partial charge in [0.25, 0.3) is 0 Å². The van der Waals surface area contributed by atoms with Crippen LogP contribution in [0.15, 0.2) is 47.5 Å². The molecule has 0 unspecified atom stereocenters. The van der Waals surface area contributed by atoms with Crippen LogP contribution in [0.25, 0.3) is 0 Å². The first-order chi connectivity index (χ1) is 10.5. The van der Waals surface area contributed by atoms with E-state index in [0.29, 0.717) is 11.8 Å². The molecule has 0 amide bonds. The quantitative estimate of drug-likeness (QED) is 0.529. The van der Waals surface area contributed by atoms with E-state index in [4.69, 9.17) is 4.99 Å². The third-order valence-electron chi connectivity index (χ3n) is 3.90. The summed E-state index contributed by atoms with van der Waals surface area (Å²) in [5, 5.41) is 3.30. The first-order valence-corrected chi connectivity index (χ1v) is 7.98. The molecule has 2 rings (SSSR count).